The minimum Gasteiger partial charge on any atom is -0.308 e. The molecule has 3 amide bonds. The van der Waals surface area contributed by atoms with Gasteiger partial charge >= 0.3 is 6.03 Å². The van der Waals surface area contributed by atoms with Gasteiger partial charge in [0.05, 0.1) is 11.4 Å². The molecular weight excluding hydrogens is 476 g/mol. The number of carbonyl (C=O) groups is 2. The highest BCUT2D eigenvalue weighted by Crippen LogP contribution is 2.30. The fraction of sp³-hybridized carbons (Fsp3) is 0.0417. The van der Waals surface area contributed by atoms with Crippen molar-refractivity contribution in [1.29, 1.82) is 0 Å². The number of hydrogen-bond donors (Lipinski definition) is 3. The van der Waals surface area contributed by atoms with Gasteiger partial charge in [0.25, 0.3) is 0 Å². The maximum atomic E-state index is 12.3. The van der Waals surface area contributed by atoms with Crippen molar-refractivity contribution >= 4 is 63.1 Å². The van der Waals surface area contributed by atoms with Gasteiger partial charge in [0, 0.05) is 32.2 Å². The van der Waals surface area contributed by atoms with Gasteiger partial charge < -0.3 is 16.0 Å². The van der Waals surface area contributed by atoms with Crippen LogP contribution in [0.15, 0.2) is 89.1 Å². The Labute approximate surface area is 204 Å². The number of urea groups is 1. The second-order valence-electron chi connectivity index (χ2n) is 6.82. The third-order valence-electron chi connectivity index (χ3n) is 4.41. The van der Waals surface area contributed by atoms with Gasteiger partial charge in [0.1, 0.15) is 0 Å². The summed E-state index contributed by atoms with van der Waals surface area (Å²) >= 11 is 8.97. The number of hydrogen-bond acceptors (Lipinski definition) is 5. The van der Waals surface area contributed by atoms with E-state index in [1.165, 1.54) is 23.1 Å². The van der Waals surface area contributed by atoms with Crippen molar-refractivity contribution in [3.8, 4) is 11.3 Å². The molecule has 0 bridgehead atoms. The standard InChI is InChI=1S/C24H19ClN4O2S2/c25-20-9-5-4-8-19(20)21-14-33-24(28-21)29-22(30)15-32-18-12-10-17(11-13-18)27-23(31)26-16-6-2-1-3-7-16/h1-14H,15H2,(H2,26,27,31)(H,28,29,30). The molecule has 0 radical (unpaired) electrons. The molecule has 0 aliphatic heterocycles. The van der Waals surface area contributed by atoms with Gasteiger partial charge in [-0.15, -0.1) is 23.1 Å². The normalized spacial score (nSPS) is 10.5. The van der Waals surface area contributed by atoms with Crippen LogP contribution in [0.1, 0.15) is 0 Å². The molecule has 0 spiro atoms. The van der Waals surface area contributed by atoms with Crippen LogP contribution in [0.2, 0.25) is 5.02 Å². The summed E-state index contributed by atoms with van der Waals surface area (Å²) in [6, 6.07) is 23.6. The molecule has 3 N–H and O–H groups in total. The third-order valence-corrected chi connectivity index (χ3v) is 6.51. The fourth-order valence-electron chi connectivity index (χ4n) is 2.88. The molecule has 0 saturated carbocycles. The molecule has 4 rings (SSSR count). The Hall–Kier alpha value is -3.33. The summed E-state index contributed by atoms with van der Waals surface area (Å²) in [5.41, 5.74) is 2.93. The van der Waals surface area contributed by atoms with Crippen molar-refractivity contribution in [2.75, 3.05) is 21.7 Å². The molecule has 4 aromatic rings. The maximum Gasteiger partial charge on any atom is 0.323 e. The quantitative estimate of drug-likeness (QED) is 0.246. The van der Waals surface area contributed by atoms with Crippen molar-refractivity contribution in [2.24, 2.45) is 0 Å². The second kappa shape index (κ2) is 11.0. The van der Waals surface area contributed by atoms with E-state index in [0.717, 1.165) is 16.2 Å². The molecule has 33 heavy (non-hydrogen) atoms. The lowest BCUT2D eigenvalue weighted by Gasteiger charge is -2.08. The number of thiazole rings is 1. The SMILES string of the molecule is O=C(CSc1ccc(NC(=O)Nc2ccccc2)cc1)Nc1nc(-c2ccccc2Cl)cs1. The van der Waals surface area contributed by atoms with Gasteiger partial charge in [0.15, 0.2) is 5.13 Å². The maximum absolute atomic E-state index is 12.3. The molecule has 1 aromatic heterocycles. The van der Waals surface area contributed by atoms with Crippen molar-refractivity contribution < 1.29 is 9.59 Å². The van der Waals surface area contributed by atoms with Crippen molar-refractivity contribution in [3.63, 3.8) is 0 Å². The molecule has 0 saturated heterocycles. The van der Waals surface area contributed by atoms with E-state index in [1.807, 2.05) is 72.1 Å². The van der Waals surface area contributed by atoms with Crippen LogP contribution in [0.5, 0.6) is 0 Å². The van der Waals surface area contributed by atoms with Gasteiger partial charge in [-0.1, -0.05) is 48.0 Å². The first kappa shape index (κ1) is 22.8. The Balaban J connectivity index is 1.25. The molecular formula is C24H19ClN4O2S2. The lowest BCUT2D eigenvalue weighted by molar-refractivity contribution is -0.113. The zero-order chi connectivity index (χ0) is 23.0. The Morgan fingerprint density at radius 3 is 2.24 bits per heavy atom. The summed E-state index contributed by atoms with van der Waals surface area (Å²) in [6.45, 7) is 0. The molecule has 3 aromatic carbocycles. The van der Waals surface area contributed by atoms with E-state index in [9.17, 15) is 9.59 Å². The zero-order valence-electron chi connectivity index (χ0n) is 17.2. The first-order valence-corrected chi connectivity index (χ1v) is 12.2. The molecule has 0 aliphatic rings. The fourth-order valence-corrected chi connectivity index (χ4v) is 4.54. The minimum atomic E-state index is -0.319. The van der Waals surface area contributed by atoms with Crippen LogP contribution < -0.4 is 16.0 Å². The van der Waals surface area contributed by atoms with Gasteiger partial charge in [-0.05, 0) is 42.5 Å². The average molecular weight is 495 g/mol. The number of nitrogens with zero attached hydrogens (tertiary/aromatic N) is 1. The van der Waals surface area contributed by atoms with Crippen LogP contribution in [-0.2, 0) is 4.79 Å². The predicted octanol–water partition coefficient (Wildman–Crippen LogP) is 6.84. The van der Waals surface area contributed by atoms with E-state index >= 15 is 0 Å². The lowest BCUT2D eigenvalue weighted by Crippen LogP contribution is -2.19. The molecule has 6 nitrogen and oxygen atoms in total. The van der Waals surface area contributed by atoms with Gasteiger partial charge in [-0.3, -0.25) is 4.79 Å². The van der Waals surface area contributed by atoms with Crippen molar-refractivity contribution in [3.05, 3.63) is 89.3 Å². The molecule has 166 valence electrons. The number of carbonyl (C=O) groups excluding carboxylic acids is 2. The van der Waals surface area contributed by atoms with E-state index in [2.05, 4.69) is 20.9 Å². The molecule has 1 heterocycles. The van der Waals surface area contributed by atoms with Crippen molar-refractivity contribution in [1.82, 2.24) is 4.98 Å². The van der Waals surface area contributed by atoms with Crippen LogP contribution in [0, 0.1) is 0 Å². The van der Waals surface area contributed by atoms with E-state index in [1.54, 1.807) is 12.1 Å². The number of halogens is 1. The molecule has 0 atom stereocenters. The van der Waals surface area contributed by atoms with Crippen LogP contribution in [-0.4, -0.2) is 22.7 Å². The highest BCUT2D eigenvalue weighted by atomic mass is 35.5. The first-order chi connectivity index (χ1) is 16.1. The van der Waals surface area contributed by atoms with Crippen LogP contribution in [0.25, 0.3) is 11.3 Å². The van der Waals surface area contributed by atoms with Crippen LogP contribution in [0.3, 0.4) is 0 Å². The number of rotatable bonds is 7. The predicted molar refractivity (Wildman–Crippen MR) is 137 cm³/mol. The summed E-state index contributed by atoms with van der Waals surface area (Å²) in [5.74, 6) is 0.0898. The molecule has 0 aliphatic carbocycles. The van der Waals surface area contributed by atoms with E-state index in [4.69, 9.17) is 11.6 Å². The molecule has 9 heteroatoms. The van der Waals surface area contributed by atoms with Crippen LogP contribution >= 0.6 is 34.7 Å². The topological polar surface area (TPSA) is 83.1 Å². The smallest absolute Gasteiger partial charge is 0.308 e. The summed E-state index contributed by atoms with van der Waals surface area (Å²) < 4.78 is 0. The number of thioether (sulfide) groups is 1. The number of anilines is 3. The van der Waals surface area contributed by atoms with Crippen molar-refractivity contribution in [2.45, 2.75) is 4.90 Å². The number of amides is 3. The van der Waals surface area contributed by atoms with E-state index in [-0.39, 0.29) is 17.7 Å². The van der Waals surface area contributed by atoms with E-state index < -0.39 is 0 Å². The number of para-hydroxylation sites is 1. The Morgan fingerprint density at radius 1 is 0.848 bits per heavy atom. The largest absolute Gasteiger partial charge is 0.323 e. The first-order valence-electron chi connectivity index (χ1n) is 9.93. The van der Waals surface area contributed by atoms with Gasteiger partial charge in [-0.2, -0.15) is 0 Å². The van der Waals surface area contributed by atoms with Gasteiger partial charge in [-0.25, -0.2) is 9.78 Å². The number of aromatic nitrogens is 1. The van der Waals surface area contributed by atoms with E-state index in [0.29, 0.717) is 21.5 Å². The third kappa shape index (κ3) is 6.58. The highest BCUT2D eigenvalue weighted by molar-refractivity contribution is 8.00. The monoisotopic (exact) mass is 494 g/mol. The van der Waals surface area contributed by atoms with Crippen LogP contribution in [0.4, 0.5) is 21.3 Å². The summed E-state index contributed by atoms with van der Waals surface area (Å²) in [4.78, 5) is 29.8. The second-order valence-corrected chi connectivity index (χ2v) is 9.14. The zero-order valence-corrected chi connectivity index (χ0v) is 19.6. The molecule has 0 fully saturated rings. The summed E-state index contributed by atoms with van der Waals surface area (Å²) in [7, 11) is 0. The lowest BCUT2D eigenvalue weighted by atomic mass is 10.2. The van der Waals surface area contributed by atoms with Gasteiger partial charge in [0.2, 0.25) is 5.91 Å². The molecule has 0 unspecified atom stereocenters. The highest BCUT2D eigenvalue weighted by Gasteiger charge is 2.11. The Kier molecular flexibility index (Phi) is 7.62. The number of benzene rings is 3. The minimum absolute atomic E-state index is 0.149. The average Bonchev–Trinajstić information content (AvgIpc) is 3.27. The summed E-state index contributed by atoms with van der Waals surface area (Å²) in [5, 5.41) is 11.4. The Bertz CT molecular complexity index is 1250. The summed E-state index contributed by atoms with van der Waals surface area (Å²) in [6.07, 6.45) is 0. The Morgan fingerprint density at radius 2 is 1.52 bits per heavy atom. The number of nitrogens with one attached hydrogen (secondary N) is 3.